The van der Waals surface area contributed by atoms with Gasteiger partial charge in [0.05, 0.1) is 11.4 Å². The monoisotopic (exact) mass is 344 g/mol. The first-order valence-corrected chi connectivity index (χ1v) is 8.10. The molecule has 5 heteroatoms. The molecule has 1 unspecified atom stereocenters. The summed E-state index contributed by atoms with van der Waals surface area (Å²) in [7, 11) is 0. The quantitative estimate of drug-likeness (QED) is 0.613. The second-order valence-corrected chi connectivity index (χ2v) is 6.43. The van der Waals surface area contributed by atoms with Gasteiger partial charge in [-0.25, -0.2) is 4.98 Å². The van der Waals surface area contributed by atoms with Crippen molar-refractivity contribution in [3.05, 3.63) is 81.4 Å². The van der Waals surface area contributed by atoms with Crippen LogP contribution in [0.5, 0.6) is 0 Å². The van der Waals surface area contributed by atoms with Gasteiger partial charge in [0.1, 0.15) is 18.5 Å². The van der Waals surface area contributed by atoms with E-state index in [0.29, 0.717) is 16.7 Å². The number of rotatable bonds is 1. The third-order valence-corrected chi connectivity index (χ3v) is 4.58. The molecule has 1 atom stereocenters. The third-order valence-electron chi connectivity index (χ3n) is 4.00. The number of fused-ring (bicyclic) bond motifs is 3. The lowest BCUT2D eigenvalue weighted by atomic mass is 9.99. The number of hydrogen-bond acceptors (Lipinski definition) is 2. The van der Waals surface area contributed by atoms with E-state index in [2.05, 4.69) is 9.55 Å². The van der Waals surface area contributed by atoms with Gasteiger partial charge in [0, 0.05) is 27.4 Å². The molecular formula is C18H14Cl2N2O. The number of halogens is 2. The summed E-state index contributed by atoms with van der Waals surface area (Å²) in [6, 6.07) is 13.6. The number of aromatic nitrogens is 2. The summed E-state index contributed by atoms with van der Waals surface area (Å²) in [6.07, 6.45) is 1.74. The van der Waals surface area contributed by atoms with Gasteiger partial charge >= 0.3 is 0 Å². The highest BCUT2D eigenvalue weighted by atomic mass is 35.5. The van der Waals surface area contributed by atoms with Crippen LogP contribution >= 0.6 is 23.2 Å². The molecule has 3 nitrogen and oxygen atoms in total. The Labute approximate surface area is 144 Å². The molecule has 2 heterocycles. The van der Waals surface area contributed by atoms with Gasteiger partial charge in [0.15, 0.2) is 0 Å². The summed E-state index contributed by atoms with van der Waals surface area (Å²) >= 11 is 12.6. The van der Waals surface area contributed by atoms with E-state index < -0.39 is 0 Å². The number of nitrogens with zero attached hydrogens (tertiary/aromatic N) is 2. The molecule has 116 valence electrons. The number of hydrogen-bond donors (Lipinski definition) is 0. The third kappa shape index (κ3) is 2.55. The van der Waals surface area contributed by atoms with Crippen LogP contribution in [-0.2, 0) is 11.3 Å². The molecule has 2 aromatic carbocycles. The van der Waals surface area contributed by atoms with E-state index in [1.165, 1.54) is 0 Å². The molecule has 0 N–H and O–H groups in total. The van der Waals surface area contributed by atoms with Crippen LogP contribution in [-0.4, -0.2) is 9.55 Å². The van der Waals surface area contributed by atoms with Crippen LogP contribution in [0.1, 0.15) is 28.7 Å². The summed E-state index contributed by atoms with van der Waals surface area (Å²) in [4.78, 5) is 4.56. The molecule has 4 rings (SSSR count). The SMILES string of the molecule is Cc1cn2c(n1)COC(c1ccccc1Cl)c1cc(Cl)ccc1-2. The first kappa shape index (κ1) is 14.8. The molecule has 3 aromatic rings. The fourth-order valence-corrected chi connectivity index (χ4v) is 3.42. The fraction of sp³-hybridized carbons (Fsp3) is 0.167. The first-order chi connectivity index (χ1) is 11.1. The average Bonchev–Trinajstić information content (AvgIpc) is 2.83. The van der Waals surface area contributed by atoms with Crippen LogP contribution in [0.15, 0.2) is 48.7 Å². The lowest BCUT2D eigenvalue weighted by Gasteiger charge is -2.19. The highest BCUT2D eigenvalue weighted by Gasteiger charge is 2.26. The number of ether oxygens (including phenoxy) is 1. The highest BCUT2D eigenvalue weighted by molar-refractivity contribution is 6.31. The highest BCUT2D eigenvalue weighted by Crippen LogP contribution is 2.38. The van der Waals surface area contributed by atoms with Gasteiger partial charge in [-0.15, -0.1) is 0 Å². The molecular weight excluding hydrogens is 331 g/mol. The van der Waals surface area contributed by atoms with Crippen molar-refractivity contribution >= 4 is 23.2 Å². The second kappa shape index (κ2) is 5.68. The lowest BCUT2D eigenvalue weighted by Crippen LogP contribution is -2.06. The van der Waals surface area contributed by atoms with Gasteiger partial charge < -0.3 is 9.30 Å². The number of imidazole rings is 1. The van der Waals surface area contributed by atoms with Crippen molar-refractivity contribution in [2.75, 3.05) is 0 Å². The number of benzene rings is 2. The molecule has 0 fully saturated rings. The maximum Gasteiger partial charge on any atom is 0.139 e. The van der Waals surface area contributed by atoms with Gasteiger partial charge in [-0.2, -0.15) is 0 Å². The van der Waals surface area contributed by atoms with Gasteiger partial charge in [-0.1, -0.05) is 41.4 Å². The zero-order valence-corrected chi connectivity index (χ0v) is 14.0. The van der Waals surface area contributed by atoms with Crippen molar-refractivity contribution < 1.29 is 4.74 Å². The Kier molecular flexibility index (Phi) is 3.64. The van der Waals surface area contributed by atoms with Gasteiger partial charge in [0.25, 0.3) is 0 Å². The van der Waals surface area contributed by atoms with Crippen LogP contribution in [0.2, 0.25) is 10.0 Å². The maximum atomic E-state index is 6.39. The van der Waals surface area contributed by atoms with Crippen LogP contribution in [0, 0.1) is 6.92 Å². The van der Waals surface area contributed by atoms with Gasteiger partial charge in [-0.3, -0.25) is 0 Å². The predicted molar refractivity (Wildman–Crippen MR) is 91.4 cm³/mol. The zero-order valence-electron chi connectivity index (χ0n) is 12.5. The Morgan fingerprint density at radius 3 is 2.78 bits per heavy atom. The van der Waals surface area contributed by atoms with Crippen LogP contribution in [0.4, 0.5) is 0 Å². The van der Waals surface area contributed by atoms with Gasteiger partial charge in [0.2, 0.25) is 0 Å². The molecule has 0 saturated carbocycles. The largest absolute Gasteiger partial charge is 0.361 e. The summed E-state index contributed by atoms with van der Waals surface area (Å²) in [5.41, 5.74) is 3.90. The Hall–Kier alpha value is -1.81. The molecule has 0 saturated heterocycles. The van der Waals surface area contributed by atoms with E-state index in [1.54, 1.807) is 0 Å². The van der Waals surface area contributed by atoms with E-state index in [0.717, 1.165) is 28.3 Å². The molecule has 0 aliphatic carbocycles. The van der Waals surface area contributed by atoms with E-state index in [4.69, 9.17) is 27.9 Å². The minimum Gasteiger partial charge on any atom is -0.361 e. The molecule has 0 amide bonds. The standard InChI is InChI=1S/C18H14Cl2N2O/c1-11-9-22-16-7-6-12(19)8-14(16)18(23-10-17(22)21-11)13-4-2-3-5-15(13)20/h2-9,18H,10H2,1H3. The first-order valence-electron chi connectivity index (χ1n) is 7.34. The predicted octanol–water partition coefficient (Wildman–Crippen LogP) is 5.11. The fourth-order valence-electron chi connectivity index (χ4n) is 3.01. The number of aryl methyl sites for hydroxylation is 1. The van der Waals surface area contributed by atoms with Crippen molar-refractivity contribution in [1.29, 1.82) is 0 Å². The molecule has 1 aliphatic heterocycles. The average molecular weight is 345 g/mol. The van der Waals surface area contributed by atoms with E-state index >= 15 is 0 Å². The maximum absolute atomic E-state index is 6.39. The molecule has 0 spiro atoms. The minimum absolute atomic E-state index is 0.278. The Morgan fingerprint density at radius 2 is 1.96 bits per heavy atom. The molecule has 1 aromatic heterocycles. The zero-order chi connectivity index (χ0) is 16.0. The summed E-state index contributed by atoms with van der Waals surface area (Å²) in [5, 5.41) is 1.35. The van der Waals surface area contributed by atoms with Crippen LogP contribution in [0.3, 0.4) is 0 Å². The second-order valence-electron chi connectivity index (χ2n) is 5.58. The summed E-state index contributed by atoms with van der Waals surface area (Å²) in [5.74, 6) is 0.876. The Balaban J connectivity index is 1.95. The van der Waals surface area contributed by atoms with E-state index in [-0.39, 0.29) is 6.10 Å². The topological polar surface area (TPSA) is 27.1 Å². The van der Waals surface area contributed by atoms with Crippen LogP contribution < -0.4 is 0 Å². The molecule has 0 radical (unpaired) electrons. The summed E-state index contributed by atoms with van der Waals surface area (Å²) in [6.45, 7) is 2.39. The summed E-state index contributed by atoms with van der Waals surface area (Å²) < 4.78 is 8.23. The van der Waals surface area contributed by atoms with Crippen molar-refractivity contribution in [1.82, 2.24) is 9.55 Å². The molecule has 23 heavy (non-hydrogen) atoms. The van der Waals surface area contributed by atoms with Crippen molar-refractivity contribution in [3.8, 4) is 5.69 Å². The van der Waals surface area contributed by atoms with E-state index in [1.807, 2.05) is 55.6 Å². The molecule has 0 bridgehead atoms. The van der Waals surface area contributed by atoms with Crippen molar-refractivity contribution in [2.45, 2.75) is 19.6 Å². The van der Waals surface area contributed by atoms with Crippen molar-refractivity contribution in [2.24, 2.45) is 0 Å². The van der Waals surface area contributed by atoms with Crippen molar-refractivity contribution in [3.63, 3.8) is 0 Å². The normalized spacial score (nSPS) is 16.6. The smallest absolute Gasteiger partial charge is 0.139 e. The molecule has 1 aliphatic rings. The Bertz CT molecular complexity index is 888. The van der Waals surface area contributed by atoms with E-state index in [9.17, 15) is 0 Å². The van der Waals surface area contributed by atoms with Gasteiger partial charge in [-0.05, 0) is 31.2 Å². The Morgan fingerprint density at radius 1 is 1.13 bits per heavy atom. The minimum atomic E-state index is -0.278. The lowest BCUT2D eigenvalue weighted by molar-refractivity contribution is 0.0658. The van der Waals surface area contributed by atoms with Crippen LogP contribution in [0.25, 0.3) is 5.69 Å².